The van der Waals surface area contributed by atoms with Crippen LogP contribution in [0.4, 0.5) is 0 Å². The summed E-state index contributed by atoms with van der Waals surface area (Å²) in [6.07, 6.45) is 1.56. The monoisotopic (exact) mass is 244 g/mol. The average molecular weight is 244 g/mol. The van der Waals surface area contributed by atoms with Crippen molar-refractivity contribution in [3.63, 3.8) is 0 Å². The second-order valence-corrected chi connectivity index (χ2v) is 4.18. The van der Waals surface area contributed by atoms with Gasteiger partial charge < -0.3 is 9.47 Å². The van der Waals surface area contributed by atoms with Crippen molar-refractivity contribution < 1.29 is 9.47 Å². The highest BCUT2D eigenvalue weighted by atomic mass is 16.7. The van der Waals surface area contributed by atoms with Gasteiger partial charge in [0.05, 0.1) is 12.9 Å². The van der Waals surface area contributed by atoms with Crippen molar-refractivity contribution in [2.45, 2.75) is 13.5 Å². The van der Waals surface area contributed by atoms with Gasteiger partial charge in [-0.1, -0.05) is 6.07 Å². The summed E-state index contributed by atoms with van der Waals surface area (Å²) < 4.78 is 12.1. The molecule has 0 bridgehead atoms. The van der Waals surface area contributed by atoms with Crippen LogP contribution >= 0.6 is 0 Å². The van der Waals surface area contributed by atoms with E-state index in [0.717, 1.165) is 22.8 Å². The summed E-state index contributed by atoms with van der Waals surface area (Å²) in [4.78, 5) is 15.9. The van der Waals surface area contributed by atoms with E-state index in [2.05, 4.69) is 4.98 Å². The Kier molecular flexibility index (Phi) is 2.51. The molecule has 1 aliphatic rings. The summed E-state index contributed by atoms with van der Waals surface area (Å²) in [7, 11) is 0. The first-order valence-corrected chi connectivity index (χ1v) is 5.64. The van der Waals surface area contributed by atoms with E-state index in [1.165, 1.54) is 6.07 Å². The van der Waals surface area contributed by atoms with E-state index in [1.54, 1.807) is 17.8 Å². The molecule has 2 heterocycles. The van der Waals surface area contributed by atoms with Gasteiger partial charge in [0.15, 0.2) is 11.5 Å². The molecule has 92 valence electrons. The van der Waals surface area contributed by atoms with Crippen molar-refractivity contribution in [1.82, 2.24) is 9.55 Å². The van der Waals surface area contributed by atoms with Gasteiger partial charge in [0.2, 0.25) is 6.79 Å². The van der Waals surface area contributed by atoms with E-state index in [0.29, 0.717) is 6.54 Å². The van der Waals surface area contributed by atoms with Gasteiger partial charge in [0, 0.05) is 11.8 Å². The van der Waals surface area contributed by atoms with Gasteiger partial charge in [0.1, 0.15) is 0 Å². The average Bonchev–Trinajstić information content (AvgIpc) is 2.80. The Labute approximate surface area is 104 Å². The molecule has 0 radical (unpaired) electrons. The fourth-order valence-electron chi connectivity index (χ4n) is 1.87. The third-order valence-electron chi connectivity index (χ3n) is 2.81. The topological polar surface area (TPSA) is 53.4 Å². The molecule has 1 aromatic carbocycles. The number of nitrogens with zero attached hydrogens (tertiary/aromatic N) is 2. The molecule has 3 rings (SSSR count). The minimum Gasteiger partial charge on any atom is -0.454 e. The molecule has 0 amide bonds. The summed E-state index contributed by atoms with van der Waals surface area (Å²) in [6.45, 7) is 2.53. The molecule has 0 aliphatic carbocycles. The number of aromatic nitrogens is 2. The summed E-state index contributed by atoms with van der Waals surface area (Å²) in [5.41, 5.74) is 1.65. The summed E-state index contributed by atoms with van der Waals surface area (Å²) in [6, 6.07) is 7.17. The van der Waals surface area contributed by atoms with Gasteiger partial charge in [-0.3, -0.25) is 9.36 Å². The molecule has 0 fully saturated rings. The maximum absolute atomic E-state index is 11.7. The molecule has 0 N–H and O–H groups in total. The highest BCUT2D eigenvalue weighted by Gasteiger charge is 2.13. The van der Waals surface area contributed by atoms with E-state index >= 15 is 0 Å². The maximum Gasteiger partial charge on any atom is 0.253 e. The standard InChI is InChI=1S/C13H12N2O3/c1-9-4-13(16)15(7-14-9)6-10-2-3-11-12(5-10)18-8-17-11/h2-5,7H,6,8H2,1H3. The third kappa shape index (κ3) is 1.95. The largest absolute Gasteiger partial charge is 0.454 e. The van der Waals surface area contributed by atoms with Crippen molar-refractivity contribution in [3.8, 4) is 11.5 Å². The lowest BCUT2D eigenvalue weighted by Crippen LogP contribution is -2.20. The summed E-state index contributed by atoms with van der Waals surface area (Å²) in [5.74, 6) is 1.47. The zero-order valence-electron chi connectivity index (χ0n) is 9.92. The quantitative estimate of drug-likeness (QED) is 0.799. The van der Waals surface area contributed by atoms with E-state index in [-0.39, 0.29) is 12.4 Å². The van der Waals surface area contributed by atoms with Crippen LogP contribution in [0.5, 0.6) is 11.5 Å². The summed E-state index contributed by atoms with van der Waals surface area (Å²) >= 11 is 0. The van der Waals surface area contributed by atoms with Crippen LogP contribution in [0.1, 0.15) is 11.3 Å². The van der Waals surface area contributed by atoms with Gasteiger partial charge in [-0.05, 0) is 24.6 Å². The van der Waals surface area contributed by atoms with Crippen LogP contribution in [0.15, 0.2) is 35.4 Å². The molecule has 18 heavy (non-hydrogen) atoms. The lowest BCUT2D eigenvalue weighted by molar-refractivity contribution is 0.174. The molecule has 0 atom stereocenters. The van der Waals surface area contributed by atoms with Crippen LogP contribution in [0.2, 0.25) is 0 Å². The van der Waals surface area contributed by atoms with Gasteiger partial charge in [-0.2, -0.15) is 0 Å². The van der Waals surface area contributed by atoms with Gasteiger partial charge in [-0.25, -0.2) is 4.98 Å². The molecule has 1 aromatic heterocycles. The molecule has 0 unspecified atom stereocenters. The predicted molar refractivity (Wildman–Crippen MR) is 64.9 cm³/mol. The molecule has 2 aromatic rings. The second-order valence-electron chi connectivity index (χ2n) is 4.18. The summed E-state index contributed by atoms with van der Waals surface area (Å²) in [5, 5.41) is 0. The number of aryl methyl sites for hydroxylation is 1. The molecule has 0 saturated carbocycles. The highest BCUT2D eigenvalue weighted by molar-refractivity contribution is 5.44. The molecule has 5 heteroatoms. The molecular weight excluding hydrogens is 232 g/mol. The van der Waals surface area contributed by atoms with Crippen LogP contribution in [0, 0.1) is 6.92 Å². The minimum absolute atomic E-state index is 0.0554. The number of hydrogen-bond acceptors (Lipinski definition) is 4. The van der Waals surface area contributed by atoms with Crippen molar-refractivity contribution >= 4 is 0 Å². The Morgan fingerprint density at radius 1 is 1.28 bits per heavy atom. The fraction of sp³-hybridized carbons (Fsp3) is 0.231. The molecule has 0 saturated heterocycles. The molecule has 5 nitrogen and oxygen atoms in total. The SMILES string of the molecule is Cc1cc(=O)n(Cc2ccc3c(c2)OCO3)cn1. The van der Waals surface area contributed by atoms with Crippen molar-refractivity contribution in [2.75, 3.05) is 6.79 Å². The van der Waals surface area contributed by atoms with E-state index < -0.39 is 0 Å². The Hall–Kier alpha value is -2.30. The normalized spacial score (nSPS) is 12.7. The molecule has 1 aliphatic heterocycles. The number of hydrogen-bond donors (Lipinski definition) is 0. The van der Waals surface area contributed by atoms with Gasteiger partial charge >= 0.3 is 0 Å². The fourth-order valence-corrected chi connectivity index (χ4v) is 1.87. The Bertz CT molecular complexity index is 649. The Balaban J connectivity index is 1.90. The number of rotatable bonds is 2. The van der Waals surface area contributed by atoms with Crippen molar-refractivity contribution in [2.24, 2.45) is 0 Å². The predicted octanol–water partition coefficient (Wildman–Crippen LogP) is 1.33. The Morgan fingerprint density at radius 2 is 2.11 bits per heavy atom. The number of fused-ring (bicyclic) bond motifs is 1. The van der Waals surface area contributed by atoms with Crippen molar-refractivity contribution in [1.29, 1.82) is 0 Å². The lowest BCUT2D eigenvalue weighted by Gasteiger charge is -2.06. The van der Waals surface area contributed by atoms with Crippen LogP contribution < -0.4 is 15.0 Å². The lowest BCUT2D eigenvalue weighted by atomic mass is 10.2. The molecule has 0 spiro atoms. The van der Waals surface area contributed by atoms with E-state index in [4.69, 9.17) is 9.47 Å². The third-order valence-corrected chi connectivity index (χ3v) is 2.81. The Morgan fingerprint density at radius 3 is 2.94 bits per heavy atom. The maximum atomic E-state index is 11.7. The minimum atomic E-state index is -0.0554. The first-order valence-electron chi connectivity index (χ1n) is 5.64. The van der Waals surface area contributed by atoms with Crippen LogP contribution in [-0.2, 0) is 6.54 Å². The first-order chi connectivity index (χ1) is 8.72. The first kappa shape index (κ1) is 10.8. The number of benzene rings is 1. The van der Waals surface area contributed by atoms with Crippen LogP contribution in [-0.4, -0.2) is 16.3 Å². The van der Waals surface area contributed by atoms with Crippen LogP contribution in [0.3, 0.4) is 0 Å². The van der Waals surface area contributed by atoms with Gasteiger partial charge in [0.25, 0.3) is 5.56 Å². The van der Waals surface area contributed by atoms with Crippen molar-refractivity contribution in [3.05, 3.63) is 52.2 Å². The van der Waals surface area contributed by atoms with Crippen LogP contribution in [0.25, 0.3) is 0 Å². The zero-order valence-corrected chi connectivity index (χ0v) is 9.92. The number of ether oxygens (including phenoxy) is 2. The smallest absolute Gasteiger partial charge is 0.253 e. The molecular formula is C13H12N2O3. The zero-order chi connectivity index (χ0) is 12.5. The highest BCUT2D eigenvalue weighted by Crippen LogP contribution is 2.32. The second kappa shape index (κ2) is 4.18. The van der Waals surface area contributed by atoms with Gasteiger partial charge in [-0.15, -0.1) is 0 Å². The van der Waals surface area contributed by atoms with E-state index in [1.807, 2.05) is 18.2 Å². The van der Waals surface area contributed by atoms with E-state index in [9.17, 15) is 4.79 Å².